The molecule has 1 amide bonds. The number of nitrogens with one attached hydrogen (secondary N) is 1. The van der Waals surface area contributed by atoms with Gasteiger partial charge in [-0.3, -0.25) is 4.79 Å². The molecule has 0 aromatic heterocycles. The van der Waals surface area contributed by atoms with Crippen LogP contribution in [0.1, 0.15) is 30.4 Å². The number of amides is 1. The quantitative estimate of drug-likeness (QED) is 0.845. The molecule has 0 spiro atoms. The van der Waals surface area contributed by atoms with E-state index >= 15 is 0 Å². The number of aliphatic hydroxyl groups is 1. The van der Waals surface area contributed by atoms with Crippen LogP contribution in [0.5, 0.6) is 5.75 Å². The van der Waals surface area contributed by atoms with Crippen molar-refractivity contribution in [2.45, 2.75) is 33.1 Å². The van der Waals surface area contributed by atoms with E-state index in [1.807, 2.05) is 32.0 Å². The topological polar surface area (TPSA) is 58.6 Å². The number of ether oxygens (including phenoxy) is 1. The Morgan fingerprint density at radius 1 is 1.33 bits per heavy atom. The van der Waals surface area contributed by atoms with Crippen LogP contribution in [-0.2, 0) is 4.79 Å². The van der Waals surface area contributed by atoms with Gasteiger partial charge in [0.1, 0.15) is 5.75 Å². The van der Waals surface area contributed by atoms with Crippen molar-refractivity contribution >= 4 is 5.91 Å². The number of hydrogen-bond acceptors (Lipinski definition) is 3. The predicted octanol–water partition coefficient (Wildman–Crippen LogP) is 2.21. The number of aryl methyl sites for hydroxylation is 1. The number of rotatable bonds is 6. The van der Waals surface area contributed by atoms with Gasteiger partial charge in [0.2, 0.25) is 0 Å². The summed E-state index contributed by atoms with van der Waals surface area (Å²) >= 11 is 0. The van der Waals surface area contributed by atoms with Crippen LogP contribution >= 0.6 is 0 Å². The summed E-state index contributed by atoms with van der Waals surface area (Å²) in [7, 11) is 0. The van der Waals surface area contributed by atoms with Crippen molar-refractivity contribution in [3.8, 4) is 5.75 Å². The molecule has 1 aliphatic carbocycles. The molecule has 1 fully saturated rings. The van der Waals surface area contributed by atoms with Crippen LogP contribution in [0.3, 0.4) is 0 Å². The number of aliphatic hydroxyl groups excluding tert-OH is 1. The highest BCUT2D eigenvalue weighted by atomic mass is 16.5. The molecular formula is C17H25NO3. The van der Waals surface area contributed by atoms with Crippen LogP contribution in [0.25, 0.3) is 0 Å². The Balaban J connectivity index is 1.76. The molecule has 1 saturated carbocycles. The van der Waals surface area contributed by atoms with Crippen molar-refractivity contribution in [3.05, 3.63) is 29.3 Å². The van der Waals surface area contributed by atoms with E-state index in [4.69, 9.17) is 4.74 Å². The molecular weight excluding hydrogens is 266 g/mol. The maximum absolute atomic E-state index is 11.9. The maximum atomic E-state index is 11.9. The SMILES string of the molecule is Cc1cccc(OCC(=O)NCC2CCCC2CO)c1C. The van der Waals surface area contributed by atoms with Crippen molar-refractivity contribution < 1.29 is 14.6 Å². The van der Waals surface area contributed by atoms with Gasteiger partial charge >= 0.3 is 0 Å². The minimum absolute atomic E-state index is 0.0425. The lowest BCUT2D eigenvalue weighted by atomic mass is 9.97. The average molecular weight is 291 g/mol. The Labute approximate surface area is 126 Å². The van der Waals surface area contributed by atoms with Gasteiger partial charge in [-0.25, -0.2) is 0 Å². The third kappa shape index (κ3) is 4.21. The van der Waals surface area contributed by atoms with E-state index in [1.165, 1.54) is 0 Å². The summed E-state index contributed by atoms with van der Waals surface area (Å²) in [6.07, 6.45) is 3.30. The molecule has 4 nitrogen and oxygen atoms in total. The third-order valence-electron chi connectivity index (χ3n) is 4.53. The van der Waals surface area contributed by atoms with Gasteiger partial charge < -0.3 is 15.2 Å². The van der Waals surface area contributed by atoms with Gasteiger partial charge in [0.25, 0.3) is 5.91 Å². The molecule has 1 aromatic rings. The van der Waals surface area contributed by atoms with Gasteiger partial charge in [0.05, 0.1) is 0 Å². The van der Waals surface area contributed by atoms with Crippen LogP contribution in [0, 0.1) is 25.7 Å². The second kappa shape index (κ2) is 7.46. The summed E-state index contributed by atoms with van der Waals surface area (Å²) in [6, 6.07) is 5.84. The minimum atomic E-state index is -0.0977. The molecule has 1 aromatic carbocycles. The van der Waals surface area contributed by atoms with Crippen LogP contribution in [0.15, 0.2) is 18.2 Å². The Hall–Kier alpha value is -1.55. The molecule has 2 unspecified atom stereocenters. The fourth-order valence-electron chi connectivity index (χ4n) is 2.94. The molecule has 0 saturated heterocycles. The predicted molar refractivity (Wildman–Crippen MR) is 82.3 cm³/mol. The van der Waals surface area contributed by atoms with Crippen molar-refractivity contribution in [2.24, 2.45) is 11.8 Å². The smallest absolute Gasteiger partial charge is 0.257 e. The molecule has 2 atom stereocenters. The number of carbonyl (C=O) groups excluding carboxylic acids is 1. The summed E-state index contributed by atoms with van der Waals surface area (Å²) in [6.45, 7) is 4.92. The number of benzene rings is 1. The van der Waals surface area contributed by atoms with Gasteiger partial charge in [0, 0.05) is 13.2 Å². The van der Waals surface area contributed by atoms with Gasteiger partial charge in [-0.15, -0.1) is 0 Å². The first-order valence-electron chi connectivity index (χ1n) is 7.68. The van der Waals surface area contributed by atoms with Gasteiger partial charge in [0.15, 0.2) is 6.61 Å². The second-order valence-corrected chi connectivity index (χ2v) is 5.92. The first-order chi connectivity index (χ1) is 10.1. The fraction of sp³-hybridized carbons (Fsp3) is 0.588. The standard InChI is InChI=1S/C17H25NO3/c1-12-5-3-8-16(13(12)2)21-11-17(20)18-9-14-6-4-7-15(14)10-19/h3,5,8,14-15,19H,4,6-7,9-11H2,1-2H3,(H,18,20). The number of carbonyl (C=O) groups is 1. The van der Waals surface area contributed by atoms with Crippen LogP contribution in [0.4, 0.5) is 0 Å². The largest absolute Gasteiger partial charge is 0.483 e. The van der Waals surface area contributed by atoms with E-state index in [-0.39, 0.29) is 19.1 Å². The van der Waals surface area contributed by atoms with Crippen molar-refractivity contribution in [3.63, 3.8) is 0 Å². The summed E-state index contributed by atoms with van der Waals surface area (Å²) in [5.41, 5.74) is 2.23. The van der Waals surface area contributed by atoms with Gasteiger partial charge in [-0.2, -0.15) is 0 Å². The fourth-order valence-corrected chi connectivity index (χ4v) is 2.94. The highest BCUT2D eigenvalue weighted by Gasteiger charge is 2.26. The average Bonchev–Trinajstić information content (AvgIpc) is 2.94. The van der Waals surface area contributed by atoms with Crippen molar-refractivity contribution in [1.29, 1.82) is 0 Å². The van der Waals surface area contributed by atoms with E-state index in [2.05, 4.69) is 5.32 Å². The molecule has 0 heterocycles. The first-order valence-corrected chi connectivity index (χ1v) is 7.68. The molecule has 0 radical (unpaired) electrons. The van der Waals surface area contributed by atoms with Crippen LogP contribution in [0.2, 0.25) is 0 Å². The van der Waals surface area contributed by atoms with Crippen LogP contribution < -0.4 is 10.1 Å². The van der Waals surface area contributed by atoms with Gasteiger partial charge in [-0.05, 0) is 55.7 Å². The number of hydrogen-bond donors (Lipinski definition) is 2. The minimum Gasteiger partial charge on any atom is -0.483 e. The molecule has 0 bridgehead atoms. The summed E-state index contributed by atoms with van der Waals surface area (Å²) in [5, 5.41) is 12.2. The zero-order valence-electron chi connectivity index (χ0n) is 12.9. The lowest BCUT2D eigenvalue weighted by molar-refractivity contribution is -0.123. The third-order valence-corrected chi connectivity index (χ3v) is 4.53. The van der Waals surface area contributed by atoms with Crippen molar-refractivity contribution in [1.82, 2.24) is 5.32 Å². The molecule has 0 aliphatic heterocycles. The highest BCUT2D eigenvalue weighted by Crippen LogP contribution is 2.30. The Morgan fingerprint density at radius 3 is 2.86 bits per heavy atom. The summed E-state index contributed by atoms with van der Waals surface area (Å²) < 4.78 is 5.59. The second-order valence-electron chi connectivity index (χ2n) is 5.92. The van der Waals surface area contributed by atoms with E-state index in [9.17, 15) is 9.90 Å². The first kappa shape index (κ1) is 15.8. The summed E-state index contributed by atoms with van der Waals surface area (Å²) in [5.74, 6) is 1.41. The van der Waals surface area contributed by atoms with E-state index in [0.29, 0.717) is 18.4 Å². The molecule has 21 heavy (non-hydrogen) atoms. The Morgan fingerprint density at radius 2 is 2.10 bits per heavy atom. The van der Waals surface area contributed by atoms with Crippen molar-refractivity contribution in [2.75, 3.05) is 19.8 Å². The van der Waals surface area contributed by atoms with Crippen LogP contribution in [-0.4, -0.2) is 30.8 Å². The zero-order valence-corrected chi connectivity index (χ0v) is 12.9. The molecule has 116 valence electrons. The summed E-state index contributed by atoms with van der Waals surface area (Å²) in [4.78, 5) is 11.9. The maximum Gasteiger partial charge on any atom is 0.257 e. The van der Waals surface area contributed by atoms with E-state index in [1.54, 1.807) is 0 Å². The Kier molecular flexibility index (Phi) is 5.62. The highest BCUT2D eigenvalue weighted by molar-refractivity contribution is 5.77. The van der Waals surface area contributed by atoms with Gasteiger partial charge in [-0.1, -0.05) is 18.6 Å². The van der Waals surface area contributed by atoms with E-state index in [0.717, 1.165) is 36.1 Å². The monoisotopic (exact) mass is 291 g/mol. The zero-order chi connectivity index (χ0) is 15.2. The lowest BCUT2D eigenvalue weighted by Crippen LogP contribution is -2.34. The normalized spacial score (nSPS) is 21.3. The molecule has 2 N–H and O–H groups in total. The molecule has 2 rings (SSSR count). The lowest BCUT2D eigenvalue weighted by Gasteiger charge is -2.18. The molecule has 4 heteroatoms. The van der Waals surface area contributed by atoms with E-state index < -0.39 is 0 Å². The molecule has 1 aliphatic rings. The Bertz CT molecular complexity index is 487.